The molecule has 0 aromatic heterocycles. The first-order valence-corrected chi connectivity index (χ1v) is 13.2. The number of rotatable bonds is 9. The number of ether oxygens (including phenoxy) is 2. The highest BCUT2D eigenvalue weighted by molar-refractivity contribution is 5.66. The Morgan fingerprint density at radius 2 is 2.03 bits per heavy atom. The zero-order valence-electron chi connectivity index (χ0n) is 22.4. The molecule has 3 N–H and O–H groups in total. The van der Waals surface area contributed by atoms with Gasteiger partial charge in [0, 0.05) is 19.3 Å². The Bertz CT molecular complexity index is 746. The minimum absolute atomic E-state index is 0.00289. The third-order valence-corrected chi connectivity index (χ3v) is 7.00. The van der Waals surface area contributed by atoms with Crippen molar-refractivity contribution in [2.75, 3.05) is 6.61 Å². The molecule has 2 aliphatic rings. The molecule has 0 radical (unpaired) electrons. The number of aliphatic hydroxyl groups excluding tert-OH is 1. The van der Waals surface area contributed by atoms with Crippen molar-refractivity contribution < 1.29 is 29.3 Å². The van der Waals surface area contributed by atoms with Crippen LogP contribution in [0.1, 0.15) is 80.1 Å². The van der Waals surface area contributed by atoms with Crippen LogP contribution < -0.4 is 5.48 Å². The number of hydrogen-bond donors (Lipinski definition) is 3. The molecule has 8 atom stereocenters. The van der Waals surface area contributed by atoms with E-state index in [4.69, 9.17) is 14.3 Å². The second kappa shape index (κ2) is 14.3. The molecule has 200 valence electrons. The van der Waals surface area contributed by atoms with E-state index in [1.807, 2.05) is 39.0 Å². The maximum absolute atomic E-state index is 11.5. The first-order chi connectivity index (χ1) is 16.5. The number of aliphatic hydroxyl groups is 2. The Balaban J connectivity index is 2.01. The van der Waals surface area contributed by atoms with Gasteiger partial charge in [-0.2, -0.15) is 5.48 Å². The summed E-state index contributed by atoms with van der Waals surface area (Å²) in [6.07, 6.45) is 14.1. The van der Waals surface area contributed by atoms with Crippen molar-refractivity contribution in [3.8, 4) is 0 Å². The number of carbonyl (C=O) groups is 1. The van der Waals surface area contributed by atoms with E-state index in [9.17, 15) is 15.0 Å². The largest absolute Gasteiger partial charge is 0.458 e. The summed E-state index contributed by atoms with van der Waals surface area (Å²) in [5, 5.41) is 20.9. The van der Waals surface area contributed by atoms with E-state index < -0.39 is 5.60 Å². The molecular formula is C28H47NO6. The van der Waals surface area contributed by atoms with Gasteiger partial charge in [-0.3, -0.25) is 4.79 Å². The van der Waals surface area contributed by atoms with Gasteiger partial charge in [-0.15, -0.1) is 0 Å². The number of allylic oxidation sites excluding steroid dienone is 2. The fraction of sp³-hybridized carbons (Fsp3) is 0.750. The SMILES string of the molecule is CC[C@H](O)[C@@H](C)[C@H]1O[C@@H]1C[C@@](C)(O)C=CC=C(C)[C@H]1NOCCCCCC(OC(C)=O)/C=C/[C@@H]1C. The highest BCUT2D eigenvalue weighted by Crippen LogP contribution is 2.37. The summed E-state index contributed by atoms with van der Waals surface area (Å²) < 4.78 is 11.2. The van der Waals surface area contributed by atoms with Crippen molar-refractivity contribution in [1.29, 1.82) is 0 Å². The number of nitrogens with one attached hydrogen (secondary N) is 1. The van der Waals surface area contributed by atoms with Crippen LogP contribution in [0.25, 0.3) is 0 Å². The summed E-state index contributed by atoms with van der Waals surface area (Å²) in [4.78, 5) is 17.2. The molecule has 35 heavy (non-hydrogen) atoms. The second-order valence-electron chi connectivity index (χ2n) is 10.5. The van der Waals surface area contributed by atoms with Crippen LogP contribution in [0.2, 0.25) is 0 Å². The second-order valence-corrected chi connectivity index (χ2v) is 10.5. The van der Waals surface area contributed by atoms with Gasteiger partial charge in [0.15, 0.2) is 0 Å². The fourth-order valence-corrected chi connectivity index (χ4v) is 4.64. The van der Waals surface area contributed by atoms with E-state index in [0.717, 1.165) is 31.3 Å². The van der Waals surface area contributed by atoms with E-state index in [-0.39, 0.29) is 48.3 Å². The molecule has 2 heterocycles. The lowest BCUT2D eigenvalue weighted by Crippen LogP contribution is -2.36. The number of hydroxylamine groups is 1. The summed E-state index contributed by atoms with van der Waals surface area (Å²) in [5.41, 5.74) is 3.26. The molecule has 2 aliphatic heterocycles. The van der Waals surface area contributed by atoms with Crippen molar-refractivity contribution in [2.24, 2.45) is 11.8 Å². The lowest BCUT2D eigenvalue weighted by atomic mass is 9.91. The van der Waals surface area contributed by atoms with Crippen LogP contribution in [-0.4, -0.2) is 58.8 Å². The van der Waals surface area contributed by atoms with Crippen molar-refractivity contribution in [3.05, 3.63) is 36.0 Å². The molecule has 2 rings (SSSR count). The van der Waals surface area contributed by atoms with Crippen molar-refractivity contribution in [1.82, 2.24) is 5.48 Å². The van der Waals surface area contributed by atoms with Crippen molar-refractivity contribution in [3.63, 3.8) is 0 Å². The van der Waals surface area contributed by atoms with Gasteiger partial charge in [-0.25, -0.2) is 0 Å². The average Bonchev–Trinajstić information content (AvgIpc) is 3.54. The molecular weight excluding hydrogens is 446 g/mol. The summed E-state index contributed by atoms with van der Waals surface area (Å²) in [5.74, 6) is -0.0941. The summed E-state index contributed by atoms with van der Waals surface area (Å²) >= 11 is 0. The molecule has 0 saturated carbocycles. The highest BCUT2D eigenvalue weighted by atomic mass is 16.6. The Labute approximate surface area is 211 Å². The molecule has 7 nitrogen and oxygen atoms in total. The van der Waals surface area contributed by atoms with Gasteiger partial charge in [-0.1, -0.05) is 57.1 Å². The molecule has 0 aromatic carbocycles. The number of hydrogen-bond acceptors (Lipinski definition) is 7. The molecule has 1 fully saturated rings. The van der Waals surface area contributed by atoms with Crippen LogP contribution in [0.3, 0.4) is 0 Å². The average molecular weight is 494 g/mol. The lowest BCUT2D eigenvalue weighted by molar-refractivity contribution is -0.144. The van der Waals surface area contributed by atoms with Crippen molar-refractivity contribution in [2.45, 2.75) is 116 Å². The van der Waals surface area contributed by atoms with Gasteiger partial charge in [0.2, 0.25) is 0 Å². The molecule has 0 bridgehead atoms. The van der Waals surface area contributed by atoms with E-state index in [1.165, 1.54) is 6.92 Å². The van der Waals surface area contributed by atoms with Crippen LogP contribution in [0.5, 0.6) is 0 Å². The topological polar surface area (TPSA) is 101 Å². The predicted molar refractivity (Wildman–Crippen MR) is 137 cm³/mol. The third kappa shape index (κ3) is 10.6. The van der Waals surface area contributed by atoms with E-state index in [1.54, 1.807) is 13.0 Å². The van der Waals surface area contributed by atoms with Crippen molar-refractivity contribution >= 4 is 5.97 Å². The highest BCUT2D eigenvalue weighted by Gasteiger charge is 2.47. The molecule has 1 saturated heterocycles. The minimum Gasteiger partial charge on any atom is -0.458 e. The summed E-state index contributed by atoms with van der Waals surface area (Å²) in [6, 6.07) is -0.0641. The van der Waals surface area contributed by atoms with Crippen LogP contribution in [0.4, 0.5) is 0 Å². The summed E-state index contributed by atoms with van der Waals surface area (Å²) in [6.45, 7) is 11.9. The molecule has 0 aliphatic carbocycles. The third-order valence-electron chi connectivity index (χ3n) is 7.00. The Hall–Kier alpha value is -1.51. The van der Waals surface area contributed by atoms with Gasteiger partial charge in [-0.05, 0) is 51.5 Å². The lowest BCUT2D eigenvalue weighted by Gasteiger charge is -2.25. The maximum atomic E-state index is 11.5. The monoisotopic (exact) mass is 493 g/mol. The Morgan fingerprint density at radius 1 is 1.29 bits per heavy atom. The molecule has 0 aromatic rings. The first-order valence-electron chi connectivity index (χ1n) is 13.2. The van der Waals surface area contributed by atoms with E-state index in [0.29, 0.717) is 19.4 Å². The quantitative estimate of drug-likeness (QED) is 0.189. The smallest absolute Gasteiger partial charge is 0.303 e. The zero-order valence-corrected chi connectivity index (χ0v) is 22.4. The standard InChI is InChI=1S/C28H47NO6/c1-7-24(31)21(4)27-25(35-27)18-28(6,32)16-11-12-19(2)26-20(3)14-15-23(34-22(5)30)13-9-8-10-17-33-29-26/h11-12,14-16,20-21,23-27,29,31-32H,7-10,13,17-18H2,1-6H3/b15-14+,16-11?,19-12?/t20-,21+,23?,24-,25+,26+,27+,28-/m0/s1. The van der Waals surface area contributed by atoms with Gasteiger partial charge in [0.05, 0.1) is 36.6 Å². The first kappa shape index (κ1) is 29.7. The number of carbonyl (C=O) groups excluding carboxylic acids is 1. The number of epoxide rings is 1. The van der Waals surface area contributed by atoms with Gasteiger partial charge in [0.1, 0.15) is 6.10 Å². The number of esters is 1. The van der Waals surface area contributed by atoms with E-state index >= 15 is 0 Å². The fourth-order valence-electron chi connectivity index (χ4n) is 4.64. The Morgan fingerprint density at radius 3 is 2.71 bits per heavy atom. The van der Waals surface area contributed by atoms with Gasteiger partial charge >= 0.3 is 5.97 Å². The van der Waals surface area contributed by atoms with E-state index in [2.05, 4.69) is 18.5 Å². The summed E-state index contributed by atoms with van der Waals surface area (Å²) in [7, 11) is 0. The Kier molecular flexibility index (Phi) is 12.1. The normalized spacial score (nSPS) is 33.1. The molecule has 0 spiro atoms. The predicted octanol–water partition coefficient (Wildman–Crippen LogP) is 4.39. The van der Waals surface area contributed by atoms with Crippen LogP contribution in [0.15, 0.2) is 36.0 Å². The maximum Gasteiger partial charge on any atom is 0.303 e. The zero-order chi connectivity index (χ0) is 26.0. The van der Waals surface area contributed by atoms with Gasteiger partial charge < -0.3 is 24.5 Å². The molecule has 0 amide bonds. The van der Waals surface area contributed by atoms with Crippen LogP contribution >= 0.6 is 0 Å². The van der Waals surface area contributed by atoms with Crippen LogP contribution in [-0.2, 0) is 19.1 Å². The van der Waals surface area contributed by atoms with Crippen LogP contribution in [0, 0.1) is 11.8 Å². The molecule has 7 heteroatoms. The molecule has 1 unspecified atom stereocenters. The van der Waals surface area contributed by atoms with Gasteiger partial charge in [0.25, 0.3) is 0 Å². The minimum atomic E-state index is -1.01.